The van der Waals surface area contributed by atoms with Gasteiger partial charge in [0.1, 0.15) is 24.0 Å². The Labute approximate surface area is 241 Å². The summed E-state index contributed by atoms with van der Waals surface area (Å²) in [6, 6.07) is 6.78. The minimum atomic E-state index is -0.849. The van der Waals surface area contributed by atoms with Crippen LogP contribution in [0, 0.1) is 17.6 Å². The van der Waals surface area contributed by atoms with Gasteiger partial charge in [0.25, 0.3) is 0 Å². The first-order valence-corrected chi connectivity index (χ1v) is 13.6. The highest BCUT2D eigenvalue weighted by molar-refractivity contribution is 5.68. The molecule has 13 heteroatoms. The summed E-state index contributed by atoms with van der Waals surface area (Å²) < 4.78 is 41.4. The van der Waals surface area contributed by atoms with Crippen molar-refractivity contribution in [2.24, 2.45) is 11.7 Å². The molecule has 4 N–H and O–H groups in total. The molecular weight excluding hydrogens is 548 g/mol. The van der Waals surface area contributed by atoms with Crippen LogP contribution in [0.15, 0.2) is 48.9 Å². The Hall–Kier alpha value is -4.36. The molecule has 1 saturated carbocycles. The van der Waals surface area contributed by atoms with Crippen molar-refractivity contribution >= 4 is 23.2 Å². The van der Waals surface area contributed by atoms with Gasteiger partial charge in [-0.25, -0.2) is 18.6 Å². The van der Waals surface area contributed by atoms with E-state index in [0.29, 0.717) is 23.6 Å². The number of ether oxygens (including phenoxy) is 2. The fourth-order valence-electron chi connectivity index (χ4n) is 5.89. The second-order valence-corrected chi connectivity index (χ2v) is 10.4. The third-order valence-electron chi connectivity index (χ3n) is 7.70. The van der Waals surface area contributed by atoms with E-state index in [1.165, 1.54) is 17.7 Å². The molecule has 0 radical (unpaired) electrons. The van der Waals surface area contributed by atoms with Gasteiger partial charge in [-0.05, 0) is 48.4 Å². The molecule has 5 rings (SSSR count). The summed E-state index contributed by atoms with van der Waals surface area (Å²) in [5.41, 5.74) is 8.63. The number of anilines is 2. The quantitative estimate of drug-likeness (QED) is 0.281. The van der Waals surface area contributed by atoms with E-state index in [9.17, 15) is 13.6 Å². The third kappa shape index (κ3) is 5.70. The first-order valence-electron chi connectivity index (χ1n) is 13.6. The average Bonchev–Trinajstić information content (AvgIpc) is 3.37. The van der Waals surface area contributed by atoms with Crippen LogP contribution in [0.2, 0.25) is 0 Å². The zero-order chi connectivity index (χ0) is 30.0. The number of nitrogens with one attached hydrogen (secondary N) is 1. The highest BCUT2D eigenvalue weighted by Gasteiger charge is 2.39. The maximum absolute atomic E-state index is 15.0. The van der Waals surface area contributed by atoms with Crippen LogP contribution in [0.5, 0.6) is 5.75 Å². The maximum Gasteiger partial charge on any atom is 0.409 e. The number of nitrogens with zero attached hydrogens (tertiary/aromatic N) is 5. The third-order valence-corrected chi connectivity index (χ3v) is 7.70. The molecule has 3 aromatic heterocycles. The Bertz CT molecular complexity index is 1550. The lowest BCUT2D eigenvalue weighted by Crippen LogP contribution is -2.55. The lowest BCUT2D eigenvalue weighted by atomic mass is 9.73. The van der Waals surface area contributed by atoms with Crippen LogP contribution in [-0.4, -0.2) is 75.1 Å². The second kappa shape index (κ2) is 12.2. The zero-order valence-corrected chi connectivity index (χ0v) is 23.5. The Morgan fingerprint density at radius 3 is 2.67 bits per heavy atom. The molecular formula is C29H33F2N7O4. The number of methoxy groups -OCH3 is 1. The predicted octanol–water partition coefficient (Wildman–Crippen LogP) is 4.09. The lowest BCUT2D eigenvalue weighted by Gasteiger charge is -2.43. The number of aliphatic hydroxyl groups excluding tert-OH is 1. The second-order valence-electron chi connectivity index (χ2n) is 10.4. The number of amides is 1. The molecule has 42 heavy (non-hydrogen) atoms. The molecule has 1 aromatic carbocycles. The average molecular weight is 582 g/mol. The van der Waals surface area contributed by atoms with E-state index in [0.717, 1.165) is 24.1 Å². The number of aromatic nitrogens is 4. The summed E-state index contributed by atoms with van der Waals surface area (Å²) >= 11 is 0. The summed E-state index contributed by atoms with van der Waals surface area (Å²) in [5, 5.41) is 16.7. The topological polar surface area (TPSA) is 140 Å². The van der Waals surface area contributed by atoms with E-state index in [2.05, 4.69) is 27.3 Å². The van der Waals surface area contributed by atoms with Crippen molar-refractivity contribution in [1.29, 1.82) is 0 Å². The molecule has 4 aromatic rings. The van der Waals surface area contributed by atoms with Gasteiger partial charge in [-0.15, -0.1) is 0 Å². The van der Waals surface area contributed by atoms with E-state index < -0.39 is 17.7 Å². The van der Waals surface area contributed by atoms with E-state index in [4.69, 9.17) is 20.3 Å². The van der Waals surface area contributed by atoms with E-state index in [1.54, 1.807) is 36.6 Å². The molecule has 0 unspecified atom stereocenters. The minimum Gasteiger partial charge on any atom is -0.491 e. The van der Waals surface area contributed by atoms with E-state index in [-0.39, 0.29) is 54.1 Å². The summed E-state index contributed by atoms with van der Waals surface area (Å²) in [4.78, 5) is 22.5. The number of pyridine rings is 1. The maximum atomic E-state index is 15.0. The summed E-state index contributed by atoms with van der Waals surface area (Å²) in [6.45, 7) is 1.71. The Balaban J connectivity index is 1.42. The van der Waals surface area contributed by atoms with Gasteiger partial charge < -0.3 is 30.5 Å². The normalized spacial score (nSPS) is 20.4. The Morgan fingerprint density at radius 2 is 1.98 bits per heavy atom. The zero-order valence-electron chi connectivity index (χ0n) is 23.5. The monoisotopic (exact) mass is 581 g/mol. The summed E-state index contributed by atoms with van der Waals surface area (Å²) in [5.74, 6) is -1.21. The van der Waals surface area contributed by atoms with Crippen molar-refractivity contribution in [2.75, 3.05) is 32.7 Å². The Kier molecular flexibility index (Phi) is 8.50. The number of likely N-dealkylation sites (N-methyl/N-ethyl adjacent to an activating group) is 1. The van der Waals surface area contributed by atoms with Crippen LogP contribution in [0.4, 0.5) is 25.2 Å². The van der Waals surface area contributed by atoms with Gasteiger partial charge in [-0.2, -0.15) is 9.61 Å². The highest BCUT2D eigenvalue weighted by Crippen LogP contribution is 2.40. The molecule has 0 aliphatic heterocycles. The van der Waals surface area contributed by atoms with Gasteiger partial charge in [0.2, 0.25) is 5.95 Å². The van der Waals surface area contributed by atoms with Crippen LogP contribution in [0.25, 0.3) is 16.8 Å². The van der Waals surface area contributed by atoms with Crippen LogP contribution >= 0.6 is 0 Å². The first-order chi connectivity index (χ1) is 20.2. The number of fused-ring (bicyclic) bond motifs is 1. The highest BCUT2D eigenvalue weighted by atomic mass is 19.1. The Morgan fingerprint density at radius 1 is 1.21 bits per heavy atom. The number of halogens is 2. The van der Waals surface area contributed by atoms with E-state index in [1.807, 2.05) is 6.07 Å². The fourth-order valence-corrected chi connectivity index (χ4v) is 5.89. The van der Waals surface area contributed by atoms with Gasteiger partial charge >= 0.3 is 6.09 Å². The standard InChI is InChI=1S/C29H33F2N7O4/c1-16-10-17(11-23(32)27(16)37(2)29(40)41-3)20-6-7-33-15-25(20)35-28-34-14-18-4-5-24(36-38(18)28)26-21(30)12-19(13-22(26)31)42-9-8-39/h4-7,12-17,23,27,39H,8-11,32H2,1-3H3,(H,34,35)/t16-,17+,23+,27-/m0/s1. The molecule has 1 aliphatic rings. The van der Waals surface area contributed by atoms with E-state index >= 15 is 0 Å². The van der Waals surface area contributed by atoms with Gasteiger partial charge in [-0.3, -0.25) is 4.98 Å². The lowest BCUT2D eigenvalue weighted by molar-refractivity contribution is 0.0778. The molecule has 11 nitrogen and oxygen atoms in total. The van der Waals surface area contributed by atoms with Crippen molar-refractivity contribution in [2.45, 2.75) is 37.8 Å². The van der Waals surface area contributed by atoms with Crippen LogP contribution in [0.3, 0.4) is 0 Å². The summed E-state index contributed by atoms with van der Waals surface area (Å²) in [7, 11) is 3.06. The number of imidazole rings is 1. The van der Waals surface area contributed by atoms with Crippen LogP contribution in [0.1, 0.15) is 31.2 Å². The number of carbonyl (C=O) groups excluding carboxylic acids is 1. The number of benzene rings is 1. The molecule has 4 atom stereocenters. The number of nitrogens with two attached hydrogens (primary N) is 1. The first kappa shape index (κ1) is 29.1. The molecule has 1 fully saturated rings. The van der Waals surface area contributed by atoms with Gasteiger partial charge in [0.15, 0.2) is 0 Å². The number of rotatable bonds is 8. The van der Waals surface area contributed by atoms with Gasteiger partial charge in [-0.1, -0.05) is 6.92 Å². The van der Waals surface area contributed by atoms with Crippen LogP contribution < -0.4 is 15.8 Å². The molecule has 0 bridgehead atoms. The molecule has 0 spiro atoms. The molecule has 3 heterocycles. The van der Waals surface area contributed by atoms with Crippen molar-refractivity contribution in [1.82, 2.24) is 24.5 Å². The number of hydrogen-bond acceptors (Lipinski definition) is 9. The molecule has 222 valence electrons. The number of aliphatic hydroxyl groups is 1. The SMILES string of the molecule is COC(=O)N(C)[C@@H]1[C@H](N)C[C@H](c2ccncc2Nc2ncc3ccc(-c4c(F)cc(OCCO)cc4F)nn23)C[C@@H]1C. The van der Waals surface area contributed by atoms with Crippen molar-refractivity contribution in [3.63, 3.8) is 0 Å². The molecule has 1 aliphatic carbocycles. The van der Waals surface area contributed by atoms with Crippen LogP contribution in [-0.2, 0) is 4.74 Å². The smallest absolute Gasteiger partial charge is 0.409 e. The van der Waals surface area contributed by atoms with Crippen molar-refractivity contribution < 1.29 is 28.2 Å². The minimum absolute atomic E-state index is 0.0296. The molecule has 1 amide bonds. The largest absolute Gasteiger partial charge is 0.491 e. The van der Waals surface area contributed by atoms with Gasteiger partial charge in [0.05, 0.1) is 54.6 Å². The number of hydrogen-bond donors (Lipinski definition) is 3. The van der Waals surface area contributed by atoms with Crippen molar-refractivity contribution in [3.05, 3.63) is 66.1 Å². The van der Waals surface area contributed by atoms with Crippen molar-refractivity contribution in [3.8, 4) is 17.0 Å². The van der Waals surface area contributed by atoms with Gasteiger partial charge in [0, 0.05) is 31.4 Å². The fraction of sp³-hybridized carbons (Fsp3) is 0.379. The predicted molar refractivity (Wildman–Crippen MR) is 152 cm³/mol. The number of carbonyl (C=O) groups is 1. The summed E-state index contributed by atoms with van der Waals surface area (Å²) in [6.07, 6.45) is 5.99. The molecule has 0 saturated heterocycles.